The zero-order valence-corrected chi connectivity index (χ0v) is 20.9. The molecule has 0 aliphatic rings. The van der Waals surface area contributed by atoms with E-state index < -0.39 is 24.2 Å². The molecule has 9 heteroatoms. The Kier molecular flexibility index (Phi) is 9.27. The van der Waals surface area contributed by atoms with Gasteiger partial charge in [-0.1, -0.05) is 48.5 Å². The third-order valence-electron chi connectivity index (χ3n) is 4.93. The molecular weight excluding hydrogens is 375 g/mol. The summed E-state index contributed by atoms with van der Waals surface area (Å²) in [5, 5.41) is -0.162. The first kappa shape index (κ1) is 25.5. The molecule has 0 radical (unpaired) electrons. The van der Waals surface area contributed by atoms with Gasteiger partial charge in [-0.3, -0.25) is 13.7 Å². The minimum Gasteiger partial charge on any atom is -0.369 e. The van der Waals surface area contributed by atoms with Gasteiger partial charge in [0.15, 0.2) is 6.35 Å². The number of hydrogen-bond acceptors (Lipinski definition) is 6. The van der Waals surface area contributed by atoms with Crippen molar-refractivity contribution in [3.05, 3.63) is 0 Å². The van der Waals surface area contributed by atoms with Crippen LogP contribution in [0.15, 0.2) is 0 Å². The van der Waals surface area contributed by atoms with E-state index in [9.17, 15) is 4.57 Å². The Morgan fingerprint density at radius 2 is 1.16 bits per heavy atom. The van der Waals surface area contributed by atoms with E-state index in [0.717, 1.165) is 6.42 Å². The van der Waals surface area contributed by atoms with Gasteiger partial charge in [0.05, 0.1) is 0 Å². The molecule has 0 spiro atoms. The summed E-state index contributed by atoms with van der Waals surface area (Å²) in [4.78, 5) is 0. The van der Waals surface area contributed by atoms with Crippen LogP contribution >= 0.6 is 7.60 Å². The summed E-state index contributed by atoms with van der Waals surface area (Å²) in [5.41, 5.74) is 0. The van der Waals surface area contributed by atoms with Crippen molar-refractivity contribution in [2.45, 2.75) is 91.2 Å². The highest BCUT2D eigenvalue weighted by atomic mass is 31.2. The van der Waals surface area contributed by atoms with Crippen molar-refractivity contribution in [1.82, 2.24) is 0 Å². The number of rotatable bonds is 10. The van der Waals surface area contributed by atoms with Crippen LogP contribution in [-0.2, 0) is 27.8 Å². The van der Waals surface area contributed by atoms with Gasteiger partial charge in [-0.2, -0.15) is 9.35 Å². The molecule has 0 aromatic rings. The molecule has 0 rings (SSSR count). The average molecular weight is 415 g/mol. The Bertz CT molecular complexity index is 421. The Labute approximate surface area is 156 Å². The van der Waals surface area contributed by atoms with Crippen molar-refractivity contribution >= 4 is 24.2 Å². The lowest BCUT2D eigenvalue weighted by Gasteiger charge is -2.37. The molecule has 0 N–H and O–H groups in total. The van der Waals surface area contributed by atoms with Crippen molar-refractivity contribution in [2.24, 2.45) is 0 Å². The van der Waals surface area contributed by atoms with Gasteiger partial charge in [-0.05, 0) is 42.7 Å². The second kappa shape index (κ2) is 9.10. The summed E-state index contributed by atoms with van der Waals surface area (Å²) < 4.78 is 40.4. The molecule has 6 nitrogen and oxygen atoms in total. The van der Waals surface area contributed by atoms with Crippen molar-refractivity contribution in [1.29, 1.82) is 0 Å². The standard InChI is InChI=1S/C16H39O6PSi2/c1-12-13-18-14-23(17,19-21-24(8,9)15(2,3)4)20-22-25(10,11)16(5,6)7/h12-14H2,1-11H3. The summed E-state index contributed by atoms with van der Waals surface area (Å²) in [6.45, 7) is 23.0. The van der Waals surface area contributed by atoms with Gasteiger partial charge in [0.2, 0.25) is 16.6 Å². The minimum atomic E-state index is -3.68. The maximum Gasteiger partial charge on any atom is 0.407 e. The van der Waals surface area contributed by atoms with Crippen molar-refractivity contribution in [3.8, 4) is 0 Å². The van der Waals surface area contributed by atoms with Crippen LogP contribution in [0.3, 0.4) is 0 Å². The molecule has 0 unspecified atom stereocenters. The molecule has 0 saturated heterocycles. The van der Waals surface area contributed by atoms with Crippen LogP contribution in [0.2, 0.25) is 36.3 Å². The molecule has 0 fully saturated rings. The molecule has 0 aromatic carbocycles. The fourth-order valence-electron chi connectivity index (χ4n) is 0.926. The summed E-state index contributed by atoms with van der Waals surface area (Å²) in [6, 6.07) is 0. The van der Waals surface area contributed by atoms with Crippen LogP contribution in [0.25, 0.3) is 0 Å². The van der Waals surface area contributed by atoms with E-state index in [4.69, 9.17) is 23.2 Å². The maximum atomic E-state index is 13.1. The third-order valence-corrected chi connectivity index (χ3v) is 14.5. The molecule has 0 amide bonds. The number of hydrogen-bond donors (Lipinski definition) is 0. The topological polar surface area (TPSA) is 63.2 Å². The largest absolute Gasteiger partial charge is 0.407 e. The Hall–Kier alpha value is 0.464. The van der Waals surface area contributed by atoms with Crippen LogP contribution in [0.5, 0.6) is 0 Å². The zero-order valence-electron chi connectivity index (χ0n) is 18.0. The molecule has 0 heterocycles. The molecule has 0 aliphatic heterocycles. The summed E-state index contributed by atoms with van der Waals surface area (Å²) in [7, 11) is -8.17. The normalized spacial score (nSPS) is 14.8. The lowest BCUT2D eigenvalue weighted by molar-refractivity contribution is -0.190. The van der Waals surface area contributed by atoms with Gasteiger partial charge >= 0.3 is 7.60 Å². The molecular formula is C16H39O6PSi2. The van der Waals surface area contributed by atoms with Crippen LogP contribution in [0, 0.1) is 0 Å². The summed E-state index contributed by atoms with van der Waals surface area (Å²) >= 11 is 0. The van der Waals surface area contributed by atoms with Gasteiger partial charge in [0, 0.05) is 6.61 Å². The number of ether oxygens (including phenoxy) is 1. The summed E-state index contributed by atoms with van der Waals surface area (Å²) in [5.74, 6) is 0. The van der Waals surface area contributed by atoms with Gasteiger partial charge in [0.1, 0.15) is 0 Å². The van der Waals surface area contributed by atoms with E-state index in [1.54, 1.807) is 0 Å². The first-order chi connectivity index (χ1) is 11.0. The lowest BCUT2D eigenvalue weighted by Crippen LogP contribution is -2.41. The Balaban J connectivity index is 5.10. The van der Waals surface area contributed by atoms with Crippen LogP contribution in [-0.4, -0.2) is 29.6 Å². The van der Waals surface area contributed by atoms with E-state index in [1.165, 1.54) is 0 Å². The third kappa shape index (κ3) is 8.34. The van der Waals surface area contributed by atoms with Crippen LogP contribution in [0.1, 0.15) is 54.9 Å². The molecule has 0 atom stereocenters. The first-order valence-corrected chi connectivity index (χ1v) is 16.4. The van der Waals surface area contributed by atoms with Crippen molar-refractivity contribution in [2.75, 3.05) is 13.0 Å². The highest BCUT2D eigenvalue weighted by Gasteiger charge is 2.44. The Morgan fingerprint density at radius 3 is 1.44 bits per heavy atom. The van der Waals surface area contributed by atoms with Crippen LogP contribution in [0.4, 0.5) is 0 Å². The van der Waals surface area contributed by atoms with E-state index in [-0.39, 0.29) is 16.4 Å². The van der Waals surface area contributed by atoms with E-state index in [0.29, 0.717) is 6.61 Å². The highest BCUT2D eigenvalue weighted by molar-refractivity contribution is 7.53. The molecule has 25 heavy (non-hydrogen) atoms. The molecule has 0 aromatic heterocycles. The molecule has 0 aliphatic carbocycles. The Morgan fingerprint density at radius 1 is 0.800 bits per heavy atom. The smallest absolute Gasteiger partial charge is 0.369 e. The molecule has 152 valence electrons. The van der Waals surface area contributed by atoms with Gasteiger partial charge in [-0.15, -0.1) is 0 Å². The van der Waals surface area contributed by atoms with Crippen molar-refractivity contribution < 1.29 is 27.8 Å². The fourth-order valence-corrected chi connectivity index (χ4v) is 4.29. The minimum absolute atomic E-state index is 0.0810. The van der Waals surface area contributed by atoms with E-state index in [1.807, 2.05) is 33.1 Å². The molecule has 0 saturated carbocycles. The van der Waals surface area contributed by atoms with E-state index in [2.05, 4.69) is 41.5 Å². The lowest BCUT2D eigenvalue weighted by atomic mass is 10.2. The summed E-state index contributed by atoms with van der Waals surface area (Å²) in [6.07, 6.45) is 0.621. The first-order valence-electron chi connectivity index (χ1n) is 8.89. The maximum absolute atomic E-state index is 13.1. The fraction of sp³-hybridized carbons (Fsp3) is 1.00. The predicted octanol–water partition coefficient (Wildman–Crippen LogP) is 6.47. The SMILES string of the molecule is CCCOCP(=O)(OO[Si](C)(C)C(C)(C)C)OO[Si](C)(C)C(C)(C)C. The van der Waals surface area contributed by atoms with Crippen molar-refractivity contribution in [3.63, 3.8) is 0 Å². The second-order valence-corrected chi connectivity index (χ2v) is 20.6. The molecule has 0 bridgehead atoms. The second-order valence-electron chi connectivity index (χ2n) is 9.48. The zero-order chi connectivity index (χ0) is 20.2. The quantitative estimate of drug-likeness (QED) is 0.134. The average Bonchev–Trinajstić information content (AvgIpc) is 2.41. The predicted molar refractivity (Wildman–Crippen MR) is 107 cm³/mol. The van der Waals surface area contributed by atoms with Crippen LogP contribution < -0.4 is 0 Å². The van der Waals surface area contributed by atoms with Gasteiger partial charge < -0.3 is 4.74 Å². The van der Waals surface area contributed by atoms with Gasteiger partial charge in [0.25, 0.3) is 0 Å². The highest BCUT2D eigenvalue weighted by Crippen LogP contribution is 2.52. The van der Waals surface area contributed by atoms with Gasteiger partial charge in [-0.25, -0.2) is 0 Å². The monoisotopic (exact) mass is 414 g/mol. The van der Waals surface area contributed by atoms with E-state index >= 15 is 0 Å².